The van der Waals surface area contributed by atoms with Gasteiger partial charge >= 0.3 is 0 Å². The number of hydrogen-bond acceptors (Lipinski definition) is 3. The predicted molar refractivity (Wildman–Crippen MR) is 114 cm³/mol. The highest BCUT2D eigenvalue weighted by atomic mass is 16.2. The largest absolute Gasteiger partial charge is 0.325 e. The van der Waals surface area contributed by atoms with Gasteiger partial charge in [0.15, 0.2) is 0 Å². The Hall–Kier alpha value is -3.93. The van der Waals surface area contributed by atoms with Crippen LogP contribution in [-0.2, 0) is 11.3 Å². The molecule has 3 aromatic carbocycles. The van der Waals surface area contributed by atoms with E-state index in [1.54, 1.807) is 10.6 Å². The van der Waals surface area contributed by atoms with Crippen molar-refractivity contribution in [1.29, 1.82) is 0 Å². The minimum Gasteiger partial charge on any atom is -0.325 e. The van der Waals surface area contributed by atoms with Crippen molar-refractivity contribution in [2.24, 2.45) is 0 Å². The first-order valence-corrected chi connectivity index (χ1v) is 9.37. The molecule has 0 saturated heterocycles. The van der Waals surface area contributed by atoms with Gasteiger partial charge in [0.25, 0.3) is 5.56 Å². The third kappa shape index (κ3) is 2.95. The molecule has 0 bridgehead atoms. The Bertz CT molecular complexity index is 1460. The van der Waals surface area contributed by atoms with Crippen molar-refractivity contribution in [2.45, 2.75) is 13.5 Å². The van der Waals surface area contributed by atoms with Gasteiger partial charge in [0.2, 0.25) is 5.91 Å². The molecule has 0 atom stereocenters. The lowest BCUT2D eigenvalue weighted by atomic mass is 10.1. The van der Waals surface area contributed by atoms with Crippen molar-refractivity contribution in [3.05, 3.63) is 88.8 Å². The van der Waals surface area contributed by atoms with Crippen LogP contribution in [0.3, 0.4) is 0 Å². The highest BCUT2D eigenvalue weighted by Crippen LogP contribution is 2.19. The lowest BCUT2D eigenvalue weighted by Gasteiger charge is -2.11. The number of para-hydroxylation sites is 1. The Morgan fingerprint density at radius 2 is 1.72 bits per heavy atom. The second kappa shape index (κ2) is 6.60. The fraction of sp³-hybridized carbons (Fsp3) is 0.0870. The maximum Gasteiger partial charge on any atom is 0.262 e. The van der Waals surface area contributed by atoms with Crippen LogP contribution in [0.25, 0.3) is 27.3 Å². The highest BCUT2D eigenvalue weighted by Gasteiger charge is 2.15. The van der Waals surface area contributed by atoms with Crippen molar-refractivity contribution in [2.75, 3.05) is 5.32 Å². The van der Waals surface area contributed by atoms with Crippen molar-refractivity contribution in [1.82, 2.24) is 14.2 Å². The minimum absolute atomic E-state index is 0.0921. The number of hydrogen-bond donors (Lipinski definition) is 1. The fourth-order valence-electron chi connectivity index (χ4n) is 3.71. The Balaban J connectivity index is 1.54. The van der Waals surface area contributed by atoms with Crippen LogP contribution < -0.4 is 10.9 Å². The molecule has 0 radical (unpaired) electrons. The quantitative estimate of drug-likeness (QED) is 0.517. The molecule has 6 nitrogen and oxygen atoms in total. The summed E-state index contributed by atoms with van der Waals surface area (Å²) in [7, 11) is 0. The molecule has 1 amide bonds. The summed E-state index contributed by atoms with van der Waals surface area (Å²) in [4.78, 5) is 25.8. The van der Waals surface area contributed by atoms with E-state index in [-0.39, 0.29) is 18.0 Å². The van der Waals surface area contributed by atoms with E-state index < -0.39 is 0 Å². The number of carbonyl (C=O) groups is 1. The topological polar surface area (TPSA) is 68.4 Å². The summed E-state index contributed by atoms with van der Waals surface area (Å²) in [5.41, 5.74) is 2.60. The molecule has 2 heterocycles. The molecule has 142 valence electrons. The maximum atomic E-state index is 13.1. The maximum absolute atomic E-state index is 13.1. The molecule has 2 aromatic heterocycles. The molecule has 29 heavy (non-hydrogen) atoms. The molecular formula is C23H18N4O2. The van der Waals surface area contributed by atoms with E-state index in [0.717, 1.165) is 22.0 Å². The van der Waals surface area contributed by atoms with Gasteiger partial charge in [-0.05, 0) is 42.0 Å². The summed E-state index contributed by atoms with van der Waals surface area (Å²) in [6.07, 6.45) is 0. The number of anilines is 1. The Morgan fingerprint density at radius 1 is 0.966 bits per heavy atom. The lowest BCUT2D eigenvalue weighted by molar-refractivity contribution is -0.116. The summed E-state index contributed by atoms with van der Waals surface area (Å²) in [5.74, 6) is -0.265. The number of benzene rings is 3. The SMILES string of the molecule is Cc1cc2n(CC(=O)Nc3ccc4ccccc4c3)c(=O)c3ccccc3n2n1. The van der Waals surface area contributed by atoms with Crippen LogP contribution in [0.4, 0.5) is 5.69 Å². The number of carbonyl (C=O) groups excluding carboxylic acids is 1. The van der Waals surface area contributed by atoms with Crippen LogP contribution in [0.1, 0.15) is 5.69 Å². The Kier molecular flexibility index (Phi) is 3.91. The van der Waals surface area contributed by atoms with Crippen molar-refractivity contribution in [3.63, 3.8) is 0 Å². The Labute approximate surface area is 166 Å². The van der Waals surface area contributed by atoms with E-state index in [4.69, 9.17) is 0 Å². The van der Waals surface area contributed by atoms with E-state index >= 15 is 0 Å². The Morgan fingerprint density at radius 3 is 2.59 bits per heavy atom. The molecule has 6 heteroatoms. The molecule has 1 N–H and O–H groups in total. The molecule has 0 saturated carbocycles. The number of nitrogens with zero attached hydrogens (tertiary/aromatic N) is 3. The van der Waals surface area contributed by atoms with Crippen LogP contribution >= 0.6 is 0 Å². The van der Waals surface area contributed by atoms with Crippen LogP contribution in [0.15, 0.2) is 77.6 Å². The smallest absolute Gasteiger partial charge is 0.262 e. The number of aromatic nitrogens is 3. The third-order valence-electron chi connectivity index (χ3n) is 5.03. The molecular weight excluding hydrogens is 364 g/mol. The number of fused-ring (bicyclic) bond motifs is 4. The van der Waals surface area contributed by atoms with Gasteiger partial charge < -0.3 is 5.32 Å². The average Bonchev–Trinajstić information content (AvgIpc) is 3.12. The average molecular weight is 382 g/mol. The first-order chi connectivity index (χ1) is 14.1. The number of rotatable bonds is 3. The number of nitrogens with one attached hydrogen (secondary N) is 1. The minimum atomic E-state index is -0.265. The third-order valence-corrected chi connectivity index (χ3v) is 5.03. The van der Waals surface area contributed by atoms with Crippen molar-refractivity contribution >= 4 is 38.9 Å². The molecule has 5 rings (SSSR count). The summed E-state index contributed by atoms with van der Waals surface area (Å²) in [6.45, 7) is 1.77. The van der Waals surface area contributed by atoms with Crippen LogP contribution in [0.5, 0.6) is 0 Å². The second-order valence-electron chi connectivity index (χ2n) is 7.07. The fourth-order valence-corrected chi connectivity index (χ4v) is 3.71. The first kappa shape index (κ1) is 17.2. The van der Waals surface area contributed by atoms with Gasteiger partial charge in [-0.15, -0.1) is 0 Å². The van der Waals surface area contributed by atoms with Crippen LogP contribution in [-0.4, -0.2) is 20.1 Å². The normalized spacial score (nSPS) is 11.3. The standard InChI is InChI=1S/C23H18N4O2/c1-15-12-22-26(23(29)19-8-4-5-9-20(19)27(22)25-15)14-21(28)24-18-11-10-16-6-2-3-7-17(16)13-18/h2-13H,14H2,1H3,(H,24,28). The lowest BCUT2D eigenvalue weighted by Crippen LogP contribution is -2.29. The zero-order chi connectivity index (χ0) is 20.0. The highest BCUT2D eigenvalue weighted by molar-refractivity contribution is 5.94. The molecule has 0 aliphatic rings. The molecule has 0 fully saturated rings. The summed E-state index contributed by atoms with van der Waals surface area (Å²) < 4.78 is 3.19. The van der Waals surface area contributed by atoms with Gasteiger partial charge in [-0.3, -0.25) is 14.2 Å². The number of amides is 1. The molecule has 0 spiro atoms. The van der Waals surface area contributed by atoms with Crippen LogP contribution in [0, 0.1) is 6.92 Å². The van der Waals surface area contributed by atoms with Crippen molar-refractivity contribution in [3.8, 4) is 0 Å². The van der Waals surface area contributed by atoms with Gasteiger partial charge in [-0.25, -0.2) is 4.52 Å². The zero-order valence-electron chi connectivity index (χ0n) is 15.8. The van der Waals surface area contributed by atoms with Gasteiger partial charge in [0.05, 0.1) is 16.6 Å². The van der Waals surface area contributed by atoms with Crippen LogP contribution in [0.2, 0.25) is 0 Å². The van der Waals surface area contributed by atoms with E-state index in [0.29, 0.717) is 16.7 Å². The molecule has 0 aliphatic carbocycles. The van der Waals surface area contributed by atoms with Gasteiger partial charge in [-0.2, -0.15) is 5.10 Å². The predicted octanol–water partition coefficient (Wildman–Crippen LogP) is 3.75. The van der Waals surface area contributed by atoms with E-state index in [1.807, 2.05) is 73.7 Å². The van der Waals surface area contributed by atoms with E-state index in [2.05, 4.69) is 10.4 Å². The van der Waals surface area contributed by atoms with E-state index in [1.165, 1.54) is 4.57 Å². The summed E-state index contributed by atoms with van der Waals surface area (Å²) in [5, 5.41) is 10.1. The number of aryl methyl sites for hydroxylation is 1. The molecule has 0 unspecified atom stereocenters. The first-order valence-electron chi connectivity index (χ1n) is 9.37. The molecule has 5 aromatic rings. The monoisotopic (exact) mass is 382 g/mol. The molecule has 0 aliphatic heterocycles. The van der Waals surface area contributed by atoms with Gasteiger partial charge in [-0.1, -0.05) is 42.5 Å². The van der Waals surface area contributed by atoms with Gasteiger partial charge in [0, 0.05) is 11.8 Å². The zero-order valence-corrected chi connectivity index (χ0v) is 15.8. The van der Waals surface area contributed by atoms with E-state index in [9.17, 15) is 9.59 Å². The van der Waals surface area contributed by atoms with Gasteiger partial charge in [0.1, 0.15) is 12.2 Å². The second-order valence-corrected chi connectivity index (χ2v) is 7.07. The summed E-state index contributed by atoms with van der Waals surface area (Å²) >= 11 is 0. The van der Waals surface area contributed by atoms with Crippen molar-refractivity contribution < 1.29 is 4.79 Å². The summed E-state index contributed by atoms with van der Waals surface area (Å²) in [6, 6.07) is 22.8.